The Balaban J connectivity index is 1.15. The van der Waals surface area contributed by atoms with Gasteiger partial charge in [-0.05, 0) is 67.5 Å². The molecule has 0 aliphatic carbocycles. The van der Waals surface area contributed by atoms with E-state index in [1.54, 1.807) is 6.07 Å². The van der Waals surface area contributed by atoms with E-state index in [0.29, 0.717) is 43.7 Å². The lowest BCUT2D eigenvalue weighted by Crippen LogP contribution is -2.44. The molecule has 7 heteroatoms. The molecular formula is C28H37FN4O2. The number of hydrogen-bond acceptors (Lipinski definition) is 4. The Labute approximate surface area is 207 Å². The van der Waals surface area contributed by atoms with Crippen LogP contribution in [0.2, 0.25) is 0 Å². The summed E-state index contributed by atoms with van der Waals surface area (Å²) in [5.41, 5.74) is 3.06. The third-order valence-electron chi connectivity index (χ3n) is 7.16. The molecule has 0 radical (unpaired) electrons. The van der Waals surface area contributed by atoms with E-state index in [0.717, 1.165) is 56.7 Å². The molecule has 2 aromatic carbocycles. The van der Waals surface area contributed by atoms with Crippen molar-refractivity contribution in [1.82, 2.24) is 15.5 Å². The van der Waals surface area contributed by atoms with Crippen LogP contribution in [0.1, 0.15) is 37.3 Å². The summed E-state index contributed by atoms with van der Waals surface area (Å²) < 4.78 is 13.2. The SMILES string of the molecule is CCN1C[C@@H](CNC2CCN(c3ccc(CC(=O)NCCc4cccc(F)c4)cc3)CC2)CC1=O. The molecule has 0 bridgehead atoms. The molecule has 2 aromatic rings. The number of hydrogen-bond donors (Lipinski definition) is 2. The first-order valence-electron chi connectivity index (χ1n) is 12.9. The maximum absolute atomic E-state index is 13.2. The summed E-state index contributed by atoms with van der Waals surface area (Å²) in [5.74, 6) is 0.456. The molecule has 0 spiro atoms. The summed E-state index contributed by atoms with van der Waals surface area (Å²) in [6.45, 7) is 7.17. The minimum atomic E-state index is -0.250. The second-order valence-electron chi connectivity index (χ2n) is 9.75. The predicted molar refractivity (Wildman–Crippen MR) is 137 cm³/mol. The van der Waals surface area contributed by atoms with Gasteiger partial charge in [-0.1, -0.05) is 24.3 Å². The van der Waals surface area contributed by atoms with Crippen LogP contribution in [0.3, 0.4) is 0 Å². The Morgan fingerprint density at radius 1 is 1.09 bits per heavy atom. The van der Waals surface area contributed by atoms with Gasteiger partial charge < -0.3 is 20.4 Å². The van der Waals surface area contributed by atoms with Crippen LogP contribution in [0, 0.1) is 11.7 Å². The third kappa shape index (κ3) is 7.28. The summed E-state index contributed by atoms with van der Waals surface area (Å²) in [6, 6.07) is 15.3. The molecule has 0 aromatic heterocycles. The van der Waals surface area contributed by atoms with E-state index in [1.165, 1.54) is 17.8 Å². The molecule has 1 atom stereocenters. The zero-order valence-electron chi connectivity index (χ0n) is 20.6. The van der Waals surface area contributed by atoms with Crippen molar-refractivity contribution in [3.63, 3.8) is 0 Å². The molecule has 6 nitrogen and oxygen atoms in total. The standard InChI is InChI=1S/C28H37FN4O2/c1-2-32-20-23(18-28(32)35)19-31-25-11-14-33(15-12-25)26-8-6-22(7-9-26)17-27(34)30-13-10-21-4-3-5-24(29)16-21/h3-9,16,23,25,31H,2,10-15,17-20H2,1H3,(H,30,34)/t23-/m1/s1. The molecule has 0 saturated carbocycles. The first kappa shape index (κ1) is 25.2. The van der Waals surface area contributed by atoms with E-state index in [2.05, 4.69) is 27.7 Å². The lowest BCUT2D eigenvalue weighted by atomic mass is 10.0. The molecule has 2 aliphatic heterocycles. The Morgan fingerprint density at radius 3 is 2.54 bits per heavy atom. The van der Waals surface area contributed by atoms with Crippen LogP contribution in [0.15, 0.2) is 48.5 Å². The number of piperidine rings is 1. The van der Waals surface area contributed by atoms with Gasteiger partial charge in [0.25, 0.3) is 0 Å². The highest BCUT2D eigenvalue weighted by atomic mass is 19.1. The van der Waals surface area contributed by atoms with Crippen molar-refractivity contribution < 1.29 is 14.0 Å². The van der Waals surface area contributed by atoms with Crippen molar-refractivity contribution in [3.05, 3.63) is 65.5 Å². The Morgan fingerprint density at radius 2 is 1.86 bits per heavy atom. The molecule has 2 heterocycles. The van der Waals surface area contributed by atoms with Crippen LogP contribution in [-0.4, -0.2) is 62.0 Å². The molecule has 188 valence electrons. The highest BCUT2D eigenvalue weighted by molar-refractivity contribution is 5.79. The predicted octanol–water partition coefficient (Wildman–Crippen LogP) is 3.15. The zero-order valence-corrected chi connectivity index (χ0v) is 20.6. The number of nitrogens with zero attached hydrogens (tertiary/aromatic N) is 2. The van der Waals surface area contributed by atoms with Gasteiger partial charge in [-0.2, -0.15) is 0 Å². The van der Waals surface area contributed by atoms with Gasteiger partial charge in [-0.25, -0.2) is 4.39 Å². The van der Waals surface area contributed by atoms with E-state index >= 15 is 0 Å². The fourth-order valence-electron chi connectivity index (χ4n) is 5.08. The lowest BCUT2D eigenvalue weighted by Gasteiger charge is -2.34. The van der Waals surface area contributed by atoms with Crippen LogP contribution >= 0.6 is 0 Å². The van der Waals surface area contributed by atoms with Gasteiger partial charge >= 0.3 is 0 Å². The fraction of sp³-hybridized carbons (Fsp3) is 0.500. The monoisotopic (exact) mass is 480 g/mol. The summed E-state index contributed by atoms with van der Waals surface area (Å²) in [7, 11) is 0. The van der Waals surface area contributed by atoms with Crippen molar-refractivity contribution >= 4 is 17.5 Å². The second kappa shape index (κ2) is 12.2. The first-order valence-corrected chi connectivity index (χ1v) is 12.9. The van der Waals surface area contributed by atoms with Crippen molar-refractivity contribution in [1.29, 1.82) is 0 Å². The average molecular weight is 481 g/mol. The number of carbonyl (C=O) groups excluding carboxylic acids is 2. The summed E-state index contributed by atoms with van der Waals surface area (Å²) in [5, 5.41) is 6.61. The molecule has 2 aliphatic rings. The number of nitrogens with one attached hydrogen (secondary N) is 2. The van der Waals surface area contributed by atoms with Gasteiger partial charge in [0.1, 0.15) is 5.82 Å². The van der Waals surface area contributed by atoms with Crippen molar-refractivity contribution in [3.8, 4) is 0 Å². The summed E-state index contributed by atoms with van der Waals surface area (Å²) >= 11 is 0. The molecular weight excluding hydrogens is 443 g/mol. The molecule has 35 heavy (non-hydrogen) atoms. The zero-order chi connectivity index (χ0) is 24.6. The van der Waals surface area contributed by atoms with E-state index in [-0.39, 0.29) is 11.7 Å². The number of anilines is 1. The van der Waals surface area contributed by atoms with Crippen molar-refractivity contribution in [2.24, 2.45) is 5.92 Å². The second-order valence-corrected chi connectivity index (χ2v) is 9.75. The Bertz CT molecular complexity index is 989. The number of likely N-dealkylation sites (tertiary alicyclic amines) is 1. The maximum atomic E-state index is 13.2. The minimum Gasteiger partial charge on any atom is -0.371 e. The van der Waals surface area contributed by atoms with Crippen LogP contribution in [0.4, 0.5) is 10.1 Å². The van der Waals surface area contributed by atoms with Gasteiger partial charge in [-0.3, -0.25) is 9.59 Å². The van der Waals surface area contributed by atoms with Gasteiger partial charge in [-0.15, -0.1) is 0 Å². The van der Waals surface area contributed by atoms with Gasteiger partial charge in [0.2, 0.25) is 11.8 Å². The summed E-state index contributed by atoms with van der Waals surface area (Å²) in [4.78, 5) is 28.6. The quantitative estimate of drug-likeness (QED) is 0.548. The normalized spacial score (nSPS) is 18.8. The molecule has 2 fully saturated rings. The topological polar surface area (TPSA) is 64.7 Å². The van der Waals surface area contributed by atoms with E-state index < -0.39 is 0 Å². The number of amides is 2. The lowest BCUT2D eigenvalue weighted by molar-refractivity contribution is -0.127. The minimum absolute atomic E-state index is 0.0212. The van der Waals surface area contributed by atoms with Gasteiger partial charge in [0.15, 0.2) is 0 Å². The van der Waals surface area contributed by atoms with Crippen LogP contribution in [0.5, 0.6) is 0 Å². The molecule has 2 saturated heterocycles. The van der Waals surface area contributed by atoms with Crippen LogP contribution < -0.4 is 15.5 Å². The van der Waals surface area contributed by atoms with Crippen LogP contribution in [0.25, 0.3) is 0 Å². The van der Waals surface area contributed by atoms with Gasteiger partial charge in [0.05, 0.1) is 6.42 Å². The maximum Gasteiger partial charge on any atom is 0.224 e. The number of halogens is 1. The number of benzene rings is 2. The smallest absolute Gasteiger partial charge is 0.224 e. The average Bonchev–Trinajstić information content (AvgIpc) is 3.23. The third-order valence-corrected chi connectivity index (χ3v) is 7.16. The molecule has 4 rings (SSSR count). The van der Waals surface area contributed by atoms with E-state index in [4.69, 9.17) is 0 Å². The molecule has 0 unspecified atom stereocenters. The van der Waals surface area contributed by atoms with Crippen LogP contribution in [-0.2, 0) is 22.4 Å². The van der Waals surface area contributed by atoms with E-state index in [1.807, 2.05) is 30.0 Å². The molecule has 2 amide bonds. The Hall–Kier alpha value is -2.93. The fourth-order valence-corrected chi connectivity index (χ4v) is 5.08. The number of rotatable bonds is 10. The van der Waals surface area contributed by atoms with Crippen molar-refractivity contribution in [2.45, 2.75) is 45.1 Å². The molecule has 2 N–H and O–H groups in total. The Kier molecular flexibility index (Phi) is 8.74. The highest BCUT2D eigenvalue weighted by Crippen LogP contribution is 2.22. The van der Waals surface area contributed by atoms with Crippen molar-refractivity contribution in [2.75, 3.05) is 44.2 Å². The van der Waals surface area contributed by atoms with E-state index in [9.17, 15) is 14.0 Å². The largest absolute Gasteiger partial charge is 0.371 e. The highest BCUT2D eigenvalue weighted by Gasteiger charge is 2.29. The first-order chi connectivity index (χ1) is 17.0. The van der Waals surface area contributed by atoms with Gasteiger partial charge in [0, 0.05) is 57.4 Å². The summed E-state index contributed by atoms with van der Waals surface area (Å²) in [6.07, 6.45) is 3.82. The number of carbonyl (C=O) groups is 2.